The first-order chi connectivity index (χ1) is 10.8. The lowest BCUT2D eigenvalue weighted by atomic mass is 9.79. The summed E-state index contributed by atoms with van der Waals surface area (Å²) in [6, 6.07) is 17.6. The van der Waals surface area contributed by atoms with E-state index < -0.39 is 26.5 Å². The van der Waals surface area contributed by atoms with Gasteiger partial charge in [-0.2, -0.15) is 0 Å². The summed E-state index contributed by atoms with van der Waals surface area (Å²) >= 11 is 0. The zero-order chi connectivity index (χ0) is 16.7. The van der Waals surface area contributed by atoms with Crippen LogP contribution >= 0.6 is 8.15 Å². The quantitative estimate of drug-likeness (QED) is 0.694. The molecule has 5 heteroatoms. The van der Waals surface area contributed by atoms with Crippen molar-refractivity contribution in [3.8, 4) is 0 Å². The van der Waals surface area contributed by atoms with E-state index >= 15 is 0 Å². The Bertz CT molecular complexity index is 672. The van der Waals surface area contributed by atoms with Crippen LogP contribution in [0.4, 0.5) is 0 Å². The maximum Gasteiger partial charge on any atom is 0.495 e. The second-order valence-corrected chi connectivity index (χ2v) is 8.42. The van der Waals surface area contributed by atoms with Crippen molar-refractivity contribution in [1.29, 1.82) is 0 Å². The molecular formula is C18H22BO3P. The molecule has 1 aliphatic heterocycles. The molecule has 0 aromatic heterocycles. The van der Waals surface area contributed by atoms with E-state index in [1.54, 1.807) is 0 Å². The standard InChI is InChI=1S/C18H22BO3P/c1-17(2)18(3,4)22-19(21-17)15-12-8-9-13-16(15)23(20)14-10-6-5-7-11-14/h5-13,20H,1-4H3. The van der Waals surface area contributed by atoms with Crippen molar-refractivity contribution in [2.45, 2.75) is 38.9 Å². The van der Waals surface area contributed by atoms with Crippen molar-refractivity contribution >= 4 is 31.3 Å². The van der Waals surface area contributed by atoms with Crippen LogP contribution in [0.1, 0.15) is 27.7 Å². The highest BCUT2D eigenvalue weighted by molar-refractivity contribution is 7.68. The van der Waals surface area contributed by atoms with Crippen molar-refractivity contribution in [3.05, 3.63) is 54.6 Å². The summed E-state index contributed by atoms with van der Waals surface area (Å²) in [4.78, 5) is 10.8. The molecular weight excluding hydrogens is 306 g/mol. The Hall–Kier alpha value is -1.19. The fourth-order valence-corrected chi connectivity index (χ4v) is 3.94. The minimum Gasteiger partial charge on any atom is -0.399 e. The lowest BCUT2D eigenvalue weighted by molar-refractivity contribution is 0.00578. The summed E-state index contributed by atoms with van der Waals surface area (Å²) in [6.07, 6.45) is 0. The van der Waals surface area contributed by atoms with E-state index in [1.165, 1.54) is 0 Å². The first-order valence-electron chi connectivity index (χ1n) is 7.80. The number of rotatable bonds is 3. The van der Waals surface area contributed by atoms with Gasteiger partial charge in [-0.3, -0.25) is 0 Å². The summed E-state index contributed by atoms with van der Waals surface area (Å²) in [5.41, 5.74) is 0.120. The lowest BCUT2D eigenvalue weighted by Gasteiger charge is -2.32. The summed E-state index contributed by atoms with van der Waals surface area (Å²) < 4.78 is 12.3. The number of benzene rings is 2. The highest BCUT2D eigenvalue weighted by Crippen LogP contribution is 2.37. The van der Waals surface area contributed by atoms with E-state index in [-0.39, 0.29) is 0 Å². The predicted molar refractivity (Wildman–Crippen MR) is 97.0 cm³/mol. The summed E-state index contributed by atoms with van der Waals surface area (Å²) in [5.74, 6) is 0. The topological polar surface area (TPSA) is 38.7 Å². The van der Waals surface area contributed by atoms with Gasteiger partial charge in [-0.1, -0.05) is 54.6 Å². The average Bonchev–Trinajstić information content (AvgIpc) is 2.75. The molecule has 3 rings (SSSR count). The second kappa shape index (κ2) is 6.03. The average molecular weight is 328 g/mol. The van der Waals surface area contributed by atoms with Gasteiger partial charge < -0.3 is 14.2 Å². The number of hydrogen-bond acceptors (Lipinski definition) is 3. The first-order valence-corrected chi connectivity index (χ1v) is 9.10. The van der Waals surface area contributed by atoms with Crippen LogP contribution in [-0.2, 0) is 9.31 Å². The smallest absolute Gasteiger partial charge is 0.399 e. The van der Waals surface area contributed by atoms with Crippen LogP contribution in [0.25, 0.3) is 0 Å². The van der Waals surface area contributed by atoms with Gasteiger partial charge in [0.15, 0.2) is 0 Å². The van der Waals surface area contributed by atoms with Gasteiger partial charge in [0.2, 0.25) is 0 Å². The van der Waals surface area contributed by atoms with E-state index in [9.17, 15) is 4.89 Å². The molecule has 1 N–H and O–H groups in total. The molecule has 1 aliphatic rings. The first kappa shape index (κ1) is 16.7. The molecule has 1 fully saturated rings. The molecule has 2 aromatic carbocycles. The van der Waals surface area contributed by atoms with Crippen LogP contribution in [0.5, 0.6) is 0 Å². The summed E-state index contributed by atoms with van der Waals surface area (Å²) in [5, 5.41) is 1.80. The van der Waals surface area contributed by atoms with Crippen molar-refractivity contribution in [3.63, 3.8) is 0 Å². The van der Waals surface area contributed by atoms with Gasteiger partial charge in [0.25, 0.3) is 0 Å². The van der Waals surface area contributed by atoms with Crippen LogP contribution in [0.15, 0.2) is 54.6 Å². The molecule has 0 amide bonds. The van der Waals surface area contributed by atoms with Gasteiger partial charge in [0.1, 0.15) is 0 Å². The fraction of sp³-hybridized carbons (Fsp3) is 0.333. The molecule has 0 saturated carbocycles. The maximum absolute atomic E-state index is 10.8. The largest absolute Gasteiger partial charge is 0.495 e. The molecule has 0 radical (unpaired) electrons. The molecule has 0 aliphatic carbocycles. The van der Waals surface area contributed by atoms with E-state index in [1.807, 2.05) is 82.3 Å². The van der Waals surface area contributed by atoms with E-state index in [4.69, 9.17) is 9.31 Å². The molecule has 1 unspecified atom stereocenters. The molecule has 1 heterocycles. The van der Waals surface area contributed by atoms with Gasteiger partial charge >= 0.3 is 7.12 Å². The van der Waals surface area contributed by atoms with E-state index in [0.717, 1.165) is 16.1 Å². The molecule has 3 nitrogen and oxygen atoms in total. The Morgan fingerprint density at radius 3 is 1.96 bits per heavy atom. The Balaban J connectivity index is 1.97. The van der Waals surface area contributed by atoms with E-state index in [2.05, 4.69) is 0 Å². The molecule has 2 aromatic rings. The third-order valence-corrected chi connectivity index (χ3v) is 6.32. The van der Waals surface area contributed by atoms with Gasteiger partial charge in [0, 0.05) is 10.6 Å². The third kappa shape index (κ3) is 3.09. The number of hydrogen-bond donors (Lipinski definition) is 1. The van der Waals surface area contributed by atoms with Gasteiger partial charge in [-0.25, -0.2) is 0 Å². The van der Waals surface area contributed by atoms with Crippen molar-refractivity contribution in [2.24, 2.45) is 0 Å². The van der Waals surface area contributed by atoms with Crippen molar-refractivity contribution in [2.75, 3.05) is 0 Å². The second-order valence-electron chi connectivity index (χ2n) is 6.79. The Morgan fingerprint density at radius 1 is 0.826 bits per heavy atom. The molecule has 120 valence electrons. The Morgan fingerprint density at radius 2 is 1.35 bits per heavy atom. The van der Waals surface area contributed by atoms with Crippen molar-refractivity contribution in [1.82, 2.24) is 0 Å². The van der Waals surface area contributed by atoms with Crippen LogP contribution in [0.2, 0.25) is 0 Å². The van der Waals surface area contributed by atoms with Crippen LogP contribution < -0.4 is 16.1 Å². The lowest BCUT2D eigenvalue weighted by Crippen LogP contribution is -2.43. The zero-order valence-corrected chi connectivity index (χ0v) is 14.9. The minimum absolute atomic E-state index is 0.393. The highest BCUT2D eigenvalue weighted by Gasteiger charge is 2.52. The highest BCUT2D eigenvalue weighted by atomic mass is 31.1. The summed E-state index contributed by atoms with van der Waals surface area (Å²) in [7, 11) is -1.89. The zero-order valence-electron chi connectivity index (χ0n) is 14.0. The van der Waals surface area contributed by atoms with E-state index in [0.29, 0.717) is 0 Å². The van der Waals surface area contributed by atoms with Crippen LogP contribution in [0.3, 0.4) is 0 Å². The maximum atomic E-state index is 10.8. The molecule has 0 spiro atoms. The molecule has 1 saturated heterocycles. The Labute approximate surface area is 139 Å². The van der Waals surface area contributed by atoms with Gasteiger partial charge in [-0.15, -0.1) is 0 Å². The predicted octanol–water partition coefficient (Wildman–Crippen LogP) is 2.33. The SMILES string of the molecule is CC1(C)OB(c2ccccc2P(O)c2ccccc2)OC1(C)C. The molecule has 1 atom stereocenters. The normalized spacial score (nSPS) is 20.5. The van der Waals surface area contributed by atoms with Crippen molar-refractivity contribution < 1.29 is 14.2 Å². The third-order valence-electron chi connectivity index (χ3n) is 4.67. The molecule has 23 heavy (non-hydrogen) atoms. The Kier molecular flexibility index (Phi) is 4.37. The minimum atomic E-state index is -1.43. The molecule has 0 bridgehead atoms. The van der Waals surface area contributed by atoms with Crippen LogP contribution in [0, 0.1) is 0 Å². The summed E-state index contributed by atoms with van der Waals surface area (Å²) in [6.45, 7) is 8.15. The van der Waals surface area contributed by atoms with Gasteiger partial charge in [-0.05, 0) is 33.2 Å². The van der Waals surface area contributed by atoms with Crippen LogP contribution in [-0.4, -0.2) is 23.2 Å². The van der Waals surface area contributed by atoms with Gasteiger partial charge in [0.05, 0.1) is 19.4 Å². The fourth-order valence-electron chi connectivity index (χ4n) is 2.56. The monoisotopic (exact) mass is 328 g/mol.